The monoisotopic (exact) mass is 479 g/mol. The summed E-state index contributed by atoms with van der Waals surface area (Å²) in [5, 5.41) is 6.99. The summed E-state index contributed by atoms with van der Waals surface area (Å²) in [4.78, 5) is 17.2. The molecule has 0 aliphatic heterocycles. The van der Waals surface area contributed by atoms with E-state index < -0.39 is 0 Å². The van der Waals surface area contributed by atoms with E-state index in [2.05, 4.69) is 31.4 Å². The average Bonchev–Trinajstić information content (AvgIpc) is 3.29. The molecule has 0 unspecified atom stereocenters. The first-order chi connectivity index (χ1) is 15.1. The zero-order valence-corrected chi connectivity index (χ0v) is 18.3. The molecular weight excluding hydrogens is 462 g/mol. The van der Waals surface area contributed by atoms with Crippen molar-refractivity contribution in [3.8, 4) is 34.3 Å². The number of carbonyl (C=O) groups is 1. The van der Waals surface area contributed by atoms with Gasteiger partial charge < -0.3 is 19.3 Å². The highest BCUT2D eigenvalue weighted by molar-refractivity contribution is 9.10. The molecule has 8 heteroatoms. The molecule has 0 fully saturated rings. The Hall–Kier alpha value is -3.65. The van der Waals surface area contributed by atoms with Crippen LogP contribution in [0.15, 0.2) is 75.7 Å². The molecule has 0 aliphatic carbocycles. The maximum absolute atomic E-state index is 12.6. The van der Waals surface area contributed by atoms with Gasteiger partial charge in [-0.15, -0.1) is 0 Å². The van der Waals surface area contributed by atoms with Crippen LogP contribution in [-0.4, -0.2) is 30.3 Å². The number of hydrogen-bond acceptors (Lipinski definition) is 6. The quantitative estimate of drug-likeness (QED) is 0.396. The molecule has 1 amide bonds. The Morgan fingerprint density at radius 3 is 2.45 bits per heavy atom. The molecule has 1 aromatic heterocycles. The molecule has 1 heterocycles. The molecule has 0 radical (unpaired) electrons. The summed E-state index contributed by atoms with van der Waals surface area (Å²) in [6.07, 6.45) is 0. The van der Waals surface area contributed by atoms with Crippen LogP contribution in [-0.2, 0) is 0 Å². The van der Waals surface area contributed by atoms with Gasteiger partial charge in [-0.1, -0.05) is 33.2 Å². The van der Waals surface area contributed by atoms with Gasteiger partial charge in [0.25, 0.3) is 11.8 Å². The second kappa shape index (κ2) is 9.01. The van der Waals surface area contributed by atoms with Crippen molar-refractivity contribution in [3.05, 3.63) is 76.8 Å². The van der Waals surface area contributed by atoms with Gasteiger partial charge in [-0.05, 0) is 54.6 Å². The number of ether oxygens (including phenoxy) is 2. The molecule has 0 atom stereocenters. The summed E-state index contributed by atoms with van der Waals surface area (Å²) >= 11 is 3.37. The van der Waals surface area contributed by atoms with Gasteiger partial charge in [0, 0.05) is 15.6 Å². The smallest absolute Gasteiger partial charge is 0.260 e. The van der Waals surface area contributed by atoms with Crippen LogP contribution in [0.3, 0.4) is 0 Å². The number of amides is 1. The van der Waals surface area contributed by atoms with Gasteiger partial charge in [-0.25, -0.2) is 0 Å². The number of anilines is 1. The molecule has 0 saturated carbocycles. The van der Waals surface area contributed by atoms with Gasteiger partial charge in [0.2, 0.25) is 5.82 Å². The maximum atomic E-state index is 12.6. The van der Waals surface area contributed by atoms with Gasteiger partial charge in [0.05, 0.1) is 25.5 Å². The predicted octanol–water partition coefficient (Wildman–Crippen LogP) is 5.44. The molecule has 7 nitrogen and oxygen atoms in total. The number of para-hydroxylation sites is 1. The van der Waals surface area contributed by atoms with E-state index in [-0.39, 0.29) is 11.8 Å². The number of carbonyl (C=O) groups excluding carboxylic acids is 1. The molecule has 0 saturated heterocycles. The Balaban J connectivity index is 1.62. The number of methoxy groups -OCH3 is 2. The van der Waals surface area contributed by atoms with Gasteiger partial charge in [0.1, 0.15) is 0 Å². The molecule has 156 valence electrons. The maximum Gasteiger partial charge on any atom is 0.260 e. The lowest BCUT2D eigenvalue weighted by molar-refractivity contribution is 0.102. The summed E-state index contributed by atoms with van der Waals surface area (Å²) in [6, 6.07) is 19.7. The zero-order valence-electron chi connectivity index (χ0n) is 16.8. The summed E-state index contributed by atoms with van der Waals surface area (Å²) in [5.41, 5.74) is 2.43. The van der Waals surface area contributed by atoms with E-state index in [4.69, 9.17) is 14.0 Å². The van der Waals surface area contributed by atoms with Crippen molar-refractivity contribution >= 4 is 27.5 Å². The third-order valence-electron chi connectivity index (χ3n) is 4.58. The highest BCUT2D eigenvalue weighted by Crippen LogP contribution is 2.33. The van der Waals surface area contributed by atoms with Crippen LogP contribution in [0.4, 0.5) is 5.69 Å². The molecule has 0 aliphatic rings. The molecule has 1 N–H and O–H groups in total. The first kappa shape index (κ1) is 20.6. The standard InChI is InChI=1S/C23H18BrN3O4/c1-29-19-12-9-15(13-20(19)30-2)21-26-23(31-27-21)17-5-3-4-6-18(17)25-22(28)14-7-10-16(24)11-8-14/h3-13H,1-2H3,(H,25,28). The SMILES string of the molecule is COc1ccc(-c2noc(-c3ccccc3NC(=O)c3ccc(Br)cc3)n2)cc1OC. The Morgan fingerprint density at radius 1 is 0.968 bits per heavy atom. The average molecular weight is 480 g/mol. The Bertz CT molecular complexity index is 1220. The summed E-state index contributed by atoms with van der Waals surface area (Å²) in [6.45, 7) is 0. The van der Waals surface area contributed by atoms with E-state index in [0.29, 0.717) is 39.7 Å². The van der Waals surface area contributed by atoms with E-state index in [9.17, 15) is 4.79 Å². The van der Waals surface area contributed by atoms with Crippen LogP contribution < -0.4 is 14.8 Å². The van der Waals surface area contributed by atoms with Crippen molar-refractivity contribution in [1.29, 1.82) is 0 Å². The van der Waals surface area contributed by atoms with Crippen molar-refractivity contribution in [3.63, 3.8) is 0 Å². The van der Waals surface area contributed by atoms with Crippen molar-refractivity contribution in [2.24, 2.45) is 0 Å². The normalized spacial score (nSPS) is 10.5. The fraction of sp³-hybridized carbons (Fsp3) is 0.0870. The number of nitrogens with zero attached hydrogens (tertiary/aromatic N) is 2. The molecule has 4 aromatic rings. The first-order valence-corrected chi connectivity index (χ1v) is 10.1. The van der Waals surface area contributed by atoms with Gasteiger partial charge >= 0.3 is 0 Å². The summed E-state index contributed by atoms with van der Waals surface area (Å²) in [7, 11) is 3.14. The van der Waals surface area contributed by atoms with E-state index in [0.717, 1.165) is 4.47 Å². The van der Waals surface area contributed by atoms with E-state index in [1.54, 1.807) is 44.6 Å². The second-order valence-corrected chi connectivity index (χ2v) is 7.42. The van der Waals surface area contributed by atoms with Crippen molar-refractivity contribution in [2.75, 3.05) is 19.5 Å². The molecule has 0 bridgehead atoms. The van der Waals surface area contributed by atoms with Crippen molar-refractivity contribution in [1.82, 2.24) is 10.1 Å². The van der Waals surface area contributed by atoms with E-state index in [1.165, 1.54) is 0 Å². The first-order valence-electron chi connectivity index (χ1n) is 9.31. The lowest BCUT2D eigenvalue weighted by Crippen LogP contribution is -2.12. The minimum atomic E-state index is -0.237. The van der Waals surface area contributed by atoms with Crippen LogP contribution in [0.25, 0.3) is 22.8 Å². The van der Waals surface area contributed by atoms with Gasteiger partial charge in [-0.2, -0.15) is 4.98 Å². The Kier molecular flexibility index (Phi) is 5.99. The largest absolute Gasteiger partial charge is 0.493 e. The second-order valence-electron chi connectivity index (χ2n) is 6.50. The van der Waals surface area contributed by atoms with E-state index >= 15 is 0 Å². The summed E-state index contributed by atoms with van der Waals surface area (Å²) in [5.74, 6) is 1.62. The zero-order chi connectivity index (χ0) is 21.8. The number of rotatable bonds is 6. The fourth-order valence-corrected chi connectivity index (χ4v) is 3.26. The van der Waals surface area contributed by atoms with Crippen LogP contribution in [0.1, 0.15) is 10.4 Å². The summed E-state index contributed by atoms with van der Waals surface area (Å²) < 4.78 is 17.0. The number of hydrogen-bond donors (Lipinski definition) is 1. The number of benzene rings is 3. The third-order valence-corrected chi connectivity index (χ3v) is 5.11. The number of halogens is 1. The topological polar surface area (TPSA) is 86.5 Å². The predicted molar refractivity (Wildman–Crippen MR) is 120 cm³/mol. The van der Waals surface area contributed by atoms with Gasteiger partial charge in [0.15, 0.2) is 11.5 Å². The van der Waals surface area contributed by atoms with Crippen molar-refractivity contribution in [2.45, 2.75) is 0 Å². The van der Waals surface area contributed by atoms with Crippen molar-refractivity contribution < 1.29 is 18.8 Å². The molecule has 4 rings (SSSR count). The molecule has 31 heavy (non-hydrogen) atoms. The molecule has 3 aromatic carbocycles. The van der Waals surface area contributed by atoms with Gasteiger partial charge in [-0.3, -0.25) is 4.79 Å². The van der Waals surface area contributed by atoms with E-state index in [1.807, 2.05) is 36.4 Å². The number of nitrogens with one attached hydrogen (secondary N) is 1. The van der Waals surface area contributed by atoms with Crippen LogP contribution >= 0.6 is 15.9 Å². The Labute approximate surface area is 187 Å². The van der Waals surface area contributed by atoms with Crippen LogP contribution in [0, 0.1) is 0 Å². The highest BCUT2D eigenvalue weighted by Gasteiger charge is 2.17. The lowest BCUT2D eigenvalue weighted by Gasteiger charge is -2.08. The van der Waals surface area contributed by atoms with Crippen LogP contribution in [0.2, 0.25) is 0 Å². The highest BCUT2D eigenvalue weighted by atomic mass is 79.9. The third kappa shape index (κ3) is 4.44. The molecular formula is C23H18BrN3O4. The Morgan fingerprint density at radius 2 is 1.71 bits per heavy atom. The fourth-order valence-electron chi connectivity index (χ4n) is 3.00. The number of aromatic nitrogens is 2. The minimum absolute atomic E-state index is 0.237. The lowest BCUT2D eigenvalue weighted by atomic mass is 10.1. The van der Waals surface area contributed by atoms with Crippen LogP contribution in [0.5, 0.6) is 11.5 Å². The molecule has 0 spiro atoms. The minimum Gasteiger partial charge on any atom is -0.493 e.